The molecule has 1 aromatic carbocycles. The Bertz CT molecular complexity index is 822. The molecule has 2 atom stereocenters. The van der Waals surface area contributed by atoms with Crippen LogP contribution in [0.5, 0.6) is 5.75 Å². The lowest BCUT2D eigenvalue weighted by molar-refractivity contribution is -0.124. The van der Waals surface area contributed by atoms with Gasteiger partial charge in [0, 0.05) is 17.8 Å². The molecule has 4 rings (SSSR count). The van der Waals surface area contributed by atoms with Crippen LogP contribution in [-0.4, -0.2) is 62.5 Å². The molecule has 6 nitrogen and oxygen atoms in total. The number of carbonyl (C=O) groups excluding carboxylic acids is 1. The van der Waals surface area contributed by atoms with Gasteiger partial charge in [0.1, 0.15) is 5.75 Å². The van der Waals surface area contributed by atoms with Gasteiger partial charge in [0.05, 0.1) is 36.2 Å². The summed E-state index contributed by atoms with van der Waals surface area (Å²) in [5.74, 6) is 0.609. The van der Waals surface area contributed by atoms with Crippen LogP contribution in [-0.2, 0) is 14.6 Å². The molecule has 0 unspecified atom stereocenters. The van der Waals surface area contributed by atoms with Gasteiger partial charge >= 0.3 is 0 Å². The van der Waals surface area contributed by atoms with E-state index in [0.717, 1.165) is 25.7 Å². The fraction of sp³-hybridized carbons (Fsp3) is 0.611. The minimum atomic E-state index is -3.17. The molecule has 8 heteroatoms. The number of nitrogens with zero attached hydrogens (tertiary/aromatic N) is 2. The second-order valence-electron chi connectivity index (χ2n) is 7.40. The maximum Gasteiger partial charge on any atom is 0.241 e. The first-order chi connectivity index (χ1) is 12.4. The summed E-state index contributed by atoms with van der Waals surface area (Å²) in [6.45, 7) is 0.269. The number of ether oxygens (including phenoxy) is 1. The summed E-state index contributed by atoms with van der Waals surface area (Å²) in [4.78, 5) is 16.8. The van der Waals surface area contributed by atoms with Crippen molar-refractivity contribution < 1.29 is 17.9 Å². The molecule has 3 aliphatic rings. The van der Waals surface area contributed by atoms with Crippen LogP contribution in [0.1, 0.15) is 25.7 Å². The molecule has 0 radical (unpaired) electrons. The van der Waals surface area contributed by atoms with Crippen molar-refractivity contribution in [3.05, 3.63) is 23.2 Å². The molecule has 0 N–H and O–H groups in total. The highest BCUT2D eigenvalue weighted by atomic mass is 35.5. The first-order valence-corrected chi connectivity index (χ1v) is 11.2. The van der Waals surface area contributed by atoms with Gasteiger partial charge < -0.3 is 9.64 Å². The number of methoxy groups -OCH3 is 1. The zero-order chi connectivity index (χ0) is 18.5. The van der Waals surface area contributed by atoms with Crippen LogP contribution in [0, 0.1) is 0 Å². The molecule has 142 valence electrons. The third kappa shape index (κ3) is 3.10. The van der Waals surface area contributed by atoms with E-state index in [-0.39, 0.29) is 36.0 Å². The van der Waals surface area contributed by atoms with Crippen molar-refractivity contribution in [1.82, 2.24) is 4.90 Å². The van der Waals surface area contributed by atoms with Crippen molar-refractivity contribution in [1.29, 1.82) is 0 Å². The fourth-order valence-electron chi connectivity index (χ4n) is 4.68. The van der Waals surface area contributed by atoms with E-state index in [0.29, 0.717) is 22.5 Å². The maximum absolute atomic E-state index is 13.0. The highest BCUT2D eigenvalue weighted by Gasteiger charge is 2.51. The van der Waals surface area contributed by atoms with Crippen LogP contribution >= 0.6 is 11.6 Å². The van der Waals surface area contributed by atoms with Crippen LogP contribution in [0.15, 0.2) is 18.2 Å². The van der Waals surface area contributed by atoms with Crippen molar-refractivity contribution in [3.63, 3.8) is 0 Å². The summed E-state index contributed by atoms with van der Waals surface area (Å²) in [5.41, 5.74) is 0.638. The van der Waals surface area contributed by atoms with Crippen molar-refractivity contribution >= 4 is 33.0 Å². The summed E-state index contributed by atoms with van der Waals surface area (Å²) in [7, 11) is -1.64. The average Bonchev–Trinajstić information content (AvgIpc) is 3.21. The monoisotopic (exact) mass is 398 g/mol. The predicted octanol–water partition coefficient (Wildman–Crippen LogP) is 2.11. The number of fused-ring (bicyclic) bond motifs is 1. The van der Waals surface area contributed by atoms with Gasteiger partial charge in [0.2, 0.25) is 5.91 Å². The van der Waals surface area contributed by atoms with Crippen molar-refractivity contribution in [2.75, 3.05) is 30.1 Å². The van der Waals surface area contributed by atoms with Crippen molar-refractivity contribution in [3.8, 4) is 5.75 Å². The Morgan fingerprint density at radius 1 is 1.15 bits per heavy atom. The number of sulfone groups is 1. The smallest absolute Gasteiger partial charge is 0.241 e. The van der Waals surface area contributed by atoms with Crippen molar-refractivity contribution in [2.24, 2.45) is 0 Å². The maximum atomic E-state index is 13.0. The van der Waals surface area contributed by atoms with Crippen LogP contribution < -0.4 is 9.64 Å². The molecular formula is C18H23ClN2O4S. The molecular weight excluding hydrogens is 376 g/mol. The van der Waals surface area contributed by atoms with Gasteiger partial charge in [0.15, 0.2) is 9.84 Å². The molecule has 2 saturated heterocycles. The number of hydrogen-bond acceptors (Lipinski definition) is 5. The summed E-state index contributed by atoms with van der Waals surface area (Å²) in [5, 5.41) is 0.411. The minimum absolute atomic E-state index is 0.0102. The number of hydrogen-bond donors (Lipinski definition) is 0. The Hall–Kier alpha value is -1.31. The van der Waals surface area contributed by atoms with Gasteiger partial charge in [-0.25, -0.2) is 8.42 Å². The van der Waals surface area contributed by atoms with Crippen molar-refractivity contribution in [2.45, 2.75) is 43.8 Å². The molecule has 0 bridgehead atoms. The Morgan fingerprint density at radius 3 is 2.50 bits per heavy atom. The molecule has 26 heavy (non-hydrogen) atoms. The second-order valence-corrected chi connectivity index (χ2v) is 9.97. The van der Waals surface area contributed by atoms with E-state index >= 15 is 0 Å². The highest BCUT2D eigenvalue weighted by molar-refractivity contribution is 7.91. The third-order valence-electron chi connectivity index (χ3n) is 5.84. The fourth-order valence-corrected chi connectivity index (χ4v) is 6.90. The first kappa shape index (κ1) is 18.1. The summed E-state index contributed by atoms with van der Waals surface area (Å²) in [6.07, 6.45) is 4.39. The molecule has 3 fully saturated rings. The van der Waals surface area contributed by atoms with Crippen LogP contribution in [0.25, 0.3) is 0 Å². The van der Waals surface area contributed by atoms with Gasteiger partial charge in [-0.05, 0) is 31.0 Å². The van der Waals surface area contributed by atoms with E-state index in [1.165, 1.54) is 7.11 Å². The lowest BCUT2D eigenvalue weighted by atomic mass is 10.00. The zero-order valence-corrected chi connectivity index (χ0v) is 16.3. The number of piperazine rings is 1. The van der Waals surface area contributed by atoms with Gasteiger partial charge in [0.25, 0.3) is 0 Å². The molecule has 1 aromatic rings. The van der Waals surface area contributed by atoms with Gasteiger partial charge in [-0.2, -0.15) is 0 Å². The van der Waals surface area contributed by atoms with Gasteiger partial charge in [-0.3, -0.25) is 9.69 Å². The topological polar surface area (TPSA) is 66.9 Å². The molecule has 0 spiro atoms. The van der Waals surface area contributed by atoms with Crippen LogP contribution in [0.4, 0.5) is 5.69 Å². The number of rotatable bonds is 3. The van der Waals surface area contributed by atoms with Gasteiger partial charge in [-0.1, -0.05) is 24.4 Å². The number of halogens is 1. The average molecular weight is 399 g/mol. The predicted molar refractivity (Wildman–Crippen MR) is 101 cm³/mol. The Morgan fingerprint density at radius 2 is 1.85 bits per heavy atom. The number of carbonyl (C=O) groups is 1. The van der Waals surface area contributed by atoms with Crippen LogP contribution in [0.2, 0.25) is 5.02 Å². The molecule has 2 heterocycles. The van der Waals surface area contributed by atoms with Gasteiger partial charge in [-0.15, -0.1) is 0 Å². The van der Waals surface area contributed by atoms with E-state index in [1.54, 1.807) is 23.1 Å². The normalized spacial score (nSPS) is 29.2. The summed E-state index contributed by atoms with van der Waals surface area (Å²) in [6, 6.07) is 5.00. The third-order valence-corrected chi connectivity index (χ3v) is 7.84. The Balaban J connectivity index is 1.70. The molecule has 1 saturated carbocycles. The first-order valence-electron chi connectivity index (χ1n) is 9.01. The number of anilines is 1. The summed E-state index contributed by atoms with van der Waals surface area (Å²) >= 11 is 6.24. The van der Waals surface area contributed by atoms with E-state index in [1.807, 2.05) is 0 Å². The molecule has 1 amide bonds. The Labute approximate surface area is 159 Å². The Kier molecular flexibility index (Phi) is 4.65. The minimum Gasteiger partial charge on any atom is -0.495 e. The zero-order valence-electron chi connectivity index (χ0n) is 14.7. The lowest BCUT2D eigenvalue weighted by Gasteiger charge is -2.46. The summed E-state index contributed by atoms with van der Waals surface area (Å²) < 4.78 is 30.0. The molecule has 0 aromatic heterocycles. The quantitative estimate of drug-likeness (QED) is 0.780. The van der Waals surface area contributed by atoms with Crippen LogP contribution in [0.3, 0.4) is 0 Å². The van der Waals surface area contributed by atoms with E-state index < -0.39 is 9.84 Å². The molecule has 1 aliphatic carbocycles. The highest BCUT2D eigenvalue weighted by Crippen LogP contribution is 2.38. The van der Waals surface area contributed by atoms with E-state index in [9.17, 15) is 13.2 Å². The SMILES string of the molecule is COc1ccc(N2C(=O)CN(C3CCCC3)[C@H]3CS(=O)(=O)C[C@H]32)cc1Cl. The van der Waals surface area contributed by atoms with E-state index in [2.05, 4.69) is 4.90 Å². The standard InChI is InChI=1S/C18H23ClN2O4S/c1-25-17-7-6-13(8-14(17)19)21-16-11-26(23,24)10-15(16)20(9-18(21)22)12-4-2-3-5-12/h6-8,12,15-16H,2-5,9-11H2,1H3/t15-,16+/m0/s1. The second kappa shape index (κ2) is 6.69. The number of amides is 1. The molecule has 2 aliphatic heterocycles. The lowest BCUT2D eigenvalue weighted by Crippen LogP contribution is -2.64. The largest absolute Gasteiger partial charge is 0.495 e. The van der Waals surface area contributed by atoms with E-state index in [4.69, 9.17) is 16.3 Å². The number of benzene rings is 1.